The first-order valence-corrected chi connectivity index (χ1v) is 5.60. The van der Waals surface area contributed by atoms with Crippen LogP contribution in [0.3, 0.4) is 0 Å². The second-order valence-electron chi connectivity index (χ2n) is 3.30. The molecule has 0 saturated carbocycles. The minimum atomic E-state index is -2.58. The number of nitrogens with zero attached hydrogens (tertiary/aromatic N) is 1. The molecule has 17 heavy (non-hydrogen) atoms. The van der Waals surface area contributed by atoms with E-state index in [4.69, 9.17) is 5.73 Å². The van der Waals surface area contributed by atoms with E-state index in [-0.39, 0.29) is 10.6 Å². The van der Waals surface area contributed by atoms with E-state index in [1.54, 1.807) is 18.3 Å². The van der Waals surface area contributed by atoms with Crippen molar-refractivity contribution in [2.45, 2.75) is 6.43 Å². The second kappa shape index (κ2) is 4.62. The van der Waals surface area contributed by atoms with Gasteiger partial charge in [0.05, 0.1) is 16.9 Å². The maximum atomic E-state index is 12.0. The molecule has 3 N–H and O–H groups in total. The van der Waals surface area contributed by atoms with Crippen LogP contribution in [0.5, 0.6) is 0 Å². The molecule has 1 amide bonds. The van der Waals surface area contributed by atoms with Crippen LogP contribution in [0.25, 0.3) is 10.2 Å². The molecule has 2 aromatic heterocycles. The lowest BCUT2D eigenvalue weighted by molar-refractivity contribution is 0.0896. The molecule has 0 atom stereocenters. The molecular formula is C10H9F2N3OS. The number of alkyl halides is 2. The number of thiophene rings is 1. The molecule has 4 nitrogen and oxygen atoms in total. The van der Waals surface area contributed by atoms with E-state index in [1.807, 2.05) is 0 Å². The molecule has 2 heterocycles. The first kappa shape index (κ1) is 11.7. The molecular weight excluding hydrogens is 248 g/mol. The van der Waals surface area contributed by atoms with E-state index in [9.17, 15) is 13.6 Å². The average Bonchev–Trinajstić information content (AvgIpc) is 2.64. The van der Waals surface area contributed by atoms with Crippen LogP contribution in [-0.4, -0.2) is 23.9 Å². The fourth-order valence-electron chi connectivity index (χ4n) is 1.37. The van der Waals surface area contributed by atoms with Gasteiger partial charge in [-0.1, -0.05) is 0 Å². The topological polar surface area (TPSA) is 68.0 Å². The Bertz CT molecular complexity index is 555. The summed E-state index contributed by atoms with van der Waals surface area (Å²) in [5.74, 6) is -0.592. The number of fused-ring (bicyclic) bond motifs is 1. The van der Waals surface area contributed by atoms with Gasteiger partial charge in [0.2, 0.25) is 0 Å². The van der Waals surface area contributed by atoms with Gasteiger partial charge < -0.3 is 11.1 Å². The first-order valence-electron chi connectivity index (χ1n) is 4.79. The predicted octanol–water partition coefficient (Wildman–Crippen LogP) is 1.87. The third-order valence-electron chi connectivity index (χ3n) is 2.11. The molecule has 0 aromatic carbocycles. The number of hydrogen-bond donors (Lipinski definition) is 2. The number of carbonyl (C=O) groups excluding carboxylic acids is 1. The van der Waals surface area contributed by atoms with Crippen molar-refractivity contribution in [1.82, 2.24) is 10.3 Å². The van der Waals surface area contributed by atoms with Crippen LogP contribution < -0.4 is 11.1 Å². The summed E-state index contributed by atoms with van der Waals surface area (Å²) in [6, 6.07) is 3.49. The van der Waals surface area contributed by atoms with Gasteiger partial charge in [-0.05, 0) is 12.1 Å². The Morgan fingerprint density at radius 1 is 1.59 bits per heavy atom. The Labute approximate surface area is 99.5 Å². The molecule has 0 saturated heterocycles. The van der Waals surface area contributed by atoms with Gasteiger partial charge in [-0.2, -0.15) is 0 Å². The Kier molecular flexibility index (Phi) is 3.19. The number of pyridine rings is 1. The van der Waals surface area contributed by atoms with Gasteiger partial charge in [-0.3, -0.25) is 9.78 Å². The highest BCUT2D eigenvalue weighted by Gasteiger charge is 2.17. The summed E-state index contributed by atoms with van der Waals surface area (Å²) in [5, 5.41) is 2.11. The minimum Gasteiger partial charge on any atom is -0.396 e. The Balaban J connectivity index is 2.29. The first-order chi connectivity index (χ1) is 8.09. The van der Waals surface area contributed by atoms with Gasteiger partial charge in [-0.15, -0.1) is 11.3 Å². The summed E-state index contributed by atoms with van der Waals surface area (Å²) in [4.78, 5) is 15.9. The molecule has 0 aliphatic rings. The lowest BCUT2D eigenvalue weighted by Crippen LogP contribution is -2.28. The van der Waals surface area contributed by atoms with Gasteiger partial charge in [-0.25, -0.2) is 8.78 Å². The van der Waals surface area contributed by atoms with E-state index < -0.39 is 18.9 Å². The Morgan fingerprint density at radius 2 is 2.35 bits per heavy atom. The molecule has 90 valence electrons. The Morgan fingerprint density at radius 3 is 3.00 bits per heavy atom. The quantitative estimate of drug-likeness (QED) is 0.882. The van der Waals surface area contributed by atoms with Gasteiger partial charge in [0.1, 0.15) is 10.4 Å². The summed E-state index contributed by atoms with van der Waals surface area (Å²) < 4.78 is 24.7. The van der Waals surface area contributed by atoms with E-state index >= 15 is 0 Å². The number of aromatic nitrogens is 1. The largest absolute Gasteiger partial charge is 0.396 e. The molecule has 0 aliphatic heterocycles. The Hall–Kier alpha value is -1.76. The van der Waals surface area contributed by atoms with Crippen molar-refractivity contribution in [3.63, 3.8) is 0 Å². The summed E-state index contributed by atoms with van der Waals surface area (Å²) in [7, 11) is 0. The molecule has 0 unspecified atom stereocenters. The van der Waals surface area contributed by atoms with Crippen molar-refractivity contribution in [2.24, 2.45) is 0 Å². The summed E-state index contributed by atoms with van der Waals surface area (Å²) in [5.41, 5.74) is 6.51. The van der Waals surface area contributed by atoms with E-state index in [2.05, 4.69) is 10.3 Å². The molecule has 0 radical (unpaired) electrons. The number of nitrogens with two attached hydrogens (primary N) is 1. The van der Waals surface area contributed by atoms with Crippen molar-refractivity contribution < 1.29 is 13.6 Å². The maximum absolute atomic E-state index is 12.0. The van der Waals surface area contributed by atoms with Crippen LogP contribution in [0.2, 0.25) is 0 Å². The molecule has 0 fully saturated rings. The molecule has 0 bridgehead atoms. The molecule has 2 rings (SSSR count). The van der Waals surface area contributed by atoms with E-state index in [0.29, 0.717) is 5.52 Å². The lowest BCUT2D eigenvalue weighted by atomic mass is 10.3. The summed E-state index contributed by atoms with van der Waals surface area (Å²) in [6.45, 7) is -0.681. The number of carbonyl (C=O) groups is 1. The molecule has 0 aliphatic carbocycles. The fraction of sp³-hybridized carbons (Fsp3) is 0.200. The normalized spacial score (nSPS) is 11.0. The van der Waals surface area contributed by atoms with Crippen LogP contribution in [-0.2, 0) is 0 Å². The molecule has 7 heteroatoms. The zero-order valence-corrected chi connectivity index (χ0v) is 9.43. The van der Waals surface area contributed by atoms with Gasteiger partial charge in [0.15, 0.2) is 0 Å². The predicted molar refractivity (Wildman–Crippen MR) is 62.4 cm³/mol. The highest BCUT2D eigenvalue weighted by atomic mass is 32.1. The number of hydrogen-bond acceptors (Lipinski definition) is 4. The summed E-state index contributed by atoms with van der Waals surface area (Å²) in [6.07, 6.45) is -1.01. The number of nitrogens with one attached hydrogen (secondary N) is 1. The van der Waals surface area contributed by atoms with Crippen molar-refractivity contribution >= 4 is 33.1 Å². The number of rotatable bonds is 3. The van der Waals surface area contributed by atoms with Crippen LogP contribution in [0.1, 0.15) is 9.67 Å². The van der Waals surface area contributed by atoms with Crippen LogP contribution in [0.15, 0.2) is 18.3 Å². The smallest absolute Gasteiger partial charge is 0.263 e. The standard InChI is InChI=1S/C10H9F2N3OS/c11-6(12)4-15-10(16)9-7(13)8-5(17-9)2-1-3-14-8/h1-3,6H,4,13H2,(H,15,16). The highest BCUT2D eigenvalue weighted by Crippen LogP contribution is 2.31. The average molecular weight is 257 g/mol. The zero-order valence-electron chi connectivity index (χ0n) is 8.61. The van der Waals surface area contributed by atoms with Crippen LogP contribution in [0, 0.1) is 0 Å². The van der Waals surface area contributed by atoms with Crippen molar-refractivity contribution in [3.8, 4) is 0 Å². The summed E-state index contributed by atoms with van der Waals surface area (Å²) >= 11 is 1.14. The van der Waals surface area contributed by atoms with E-state index in [1.165, 1.54) is 0 Å². The SMILES string of the molecule is Nc1c(C(=O)NCC(F)F)sc2cccnc12. The molecule has 0 spiro atoms. The number of anilines is 1. The van der Waals surface area contributed by atoms with Crippen molar-refractivity contribution in [2.75, 3.05) is 12.3 Å². The van der Waals surface area contributed by atoms with Crippen molar-refractivity contribution in [3.05, 3.63) is 23.2 Å². The van der Waals surface area contributed by atoms with Gasteiger partial charge in [0.25, 0.3) is 12.3 Å². The highest BCUT2D eigenvalue weighted by molar-refractivity contribution is 7.21. The third kappa shape index (κ3) is 2.33. The van der Waals surface area contributed by atoms with Crippen molar-refractivity contribution in [1.29, 1.82) is 0 Å². The second-order valence-corrected chi connectivity index (χ2v) is 4.35. The van der Waals surface area contributed by atoms with Gasteiger partial charge >= 0.3 is 0 Å². The minimum absolute atomic E-state index is 0.222. The molecule has 2 aromatic rings. The number of halogens is 2. The zero-order chi connectivity index (χ0) is 12.4. The monoisotopic (exact) mass is 257 g/mol. The van der Waals surface area contributed by atoms with E-state index in [0.717, 1.165) is 16.0 Å². The third-order valence-corrected chi connectivity index (χ3v) is 3.26. The fourth-order valence-corrected chi connectivity index (χ4v) is 2.36. The number of amides is 1. The van der Waals surface area contributed by atoms with Gasteiger partial charge in [0, 0.05) is 6.20 Å². The lowest BCUT2D eigenvalue weighted by Gasteiger charge is -2.02. The maximum Gasteiger partial charge on any atom is 0.263 e. The van der Waals surface area contributed by atoms with Crippen LogP contribution in [0.4, 0.5) is 14.5 Å². The van der Waals surface area contributed by atoms with Crippen LogP contribution >= 0.6 is 11.3 Å². The number of nitrogen functional groups attached to an aromatic ring is 1.